The van der Waals surface area contributed by atoms with Gasteiger partial charge in [0.1, 0.15) is 9.50 Å². The third kappa shape index (κ3) is 3.46. The largest absolute Gasteiger partial charge is 0.312 e. The van der Waals surface area contributed by atoms with Crippen LogP contribution in [0, 0.1) is 0 Å². The van der Waals surface area contributed by atoms with E-state index in [0.29, 0.717) is 4.47 Å². The third-order valence-electron chi connectivity index (χ3n) is 1.75. The lowest BCUT2D eigenvalue weighted by Gasteiger charge is -2.01. The highest BCUT2D eigenvalue weighted by Gasteiger charge is 2.04. The van der Waals surface area contributed by atoms with E-state index >= 15 is 0 Å². The van der Waals surface area contributed by atoms with Crippen LogP contribution in [-0.2, 0) is 0 Å². The second-order valence-corrected chi connectivity index (χ2v) is 4.78. The van der Waals surface area contributed by atoms with E-state index in [1.807, 2.05) is 0 Å². The van der Waals surface area contributed by atoms with Crippen molar-refractivity contribution >= 4 is 27.7 Å². The van der Waals surface area contributed by atoms with Gasteiger partial charge in [-0.15, -0.1) is 11.8 Å². The molecule has 0 unspecified atom stereocenters. The van der Waals surface area contributed by atoms with E-state index in [1.54, 1.807) is 11.8 Å². The van der Waals surface area contributed by atoms with Crippen LogP contribution in [0.3, 0.4) is 0 Å². The summed E-state index contributed by atoms with van der Waals surface area (Å²) >= 11 is 4.85. The Hall–Kier alpha value is -0.290. The zero-order valence-electron chi connectivity index (χ0n) is 8.05. The van der Waals surface area contributed by atoms with Crippen LogP contribution in [0.1, 0.15) is 26.2 Å². The summed E-state index contributed by atoms with van der Waals surface area (Å²) in [6, 6.07) is 0. The quantitative estimate of drug-likeness (QED) is 0.511. The highest BCUT2D eigenvalue weighted by Crippen LogP contribution is 2.22. The molecule has 1 heterocycles. The van der Waals surface area contributed by atoms with Crippen LogP contribution in [0.2, 0.25) is 0 Å². The fourth-order valence-corrected chi connectivity index (χ4v) is 2.44. The van der Waals surface area contributed by atoms with Crippen LogP contribution in [0.25, 0.3) is 0 Å². The highest BCUT2D eigenvalue weighted by molar-refractivity contribution is 9.10. The van der Waals surface area contributed by atoms with Crippen molar-refractivity contribution in [3.8, 4) is 0 Å². The van der Waals surface area contributed by atoms with Crippen molar-refractivity contribution in [1.29, 1.82) is 0 Å². The molecule has 0 fully saturated rings. The number of hydrogen-bond donors (Lipinski definition) is 1. The molecule has 0 saturated carbocycles. The first kappa shape index (κ1) is 11.8. The topological polar surface area (TPSA) is 45.8 Å². The number of halogens is 1. The molecule has 5 heteroatoms. The Morgan fingerprint density at radius 2 is 2.36 bits per heavy atom. The van der Waals surface area contributed by atoms with Crippen LogP contribution in [0.4, 0.5) is 0 Å². The standard InChI is InChI=1S/C9H13BrN2OS/c1-2-3-4-5-14-9-7(10)8(13)11-6-12-9/h6H,2-5H2,1H3,(H,11,12,13). The number of nitrogens with one attached hydrogen (secondary N) is 1. The Balaban J connectivity index is 2.51. The number of hydrogen-bond acceptors (Lipinski definition) is 3. The minimum atomic E-state index is -0.113. The molecule has 0 aliphatic carbocycles. The van der Waals surface area contributed by atoms with Gasteiger partial charge in [0.25, 0.3) is 5.56 Å². The van der Waals surface area contributed by atoms with Gasteiger partial charge in [-0.3, -0.25) is 4.79 Å². The first-order valence-electron chi connectivity index (χ1n) is 4.61. The van der Waals surface area contributed by atoms with Gasteiger partial charge in [-0.1, -0.05) is 19.8 Å². The second-order valence-electron chi connectivity index (χ2n) is 2.91. The zero-order chi connectivity index (χ0) is 10.4. The normalized spacial score (nSPS) is 10.4. The Morgan fingerprint density at radius 1 is 1.57 bits per heavy atom. The number of aromatic nitrogens is 2. The minimum absolute atomic E-state index is 0.113. The number of H-pyrrole nitrogens is 1. The maximum Gasteiger partial charge on any atom is 0.266 e. The molecular formula is C9H13BrN2OS. The number of thioether (sulfide) groups is 1. The third-order valence-corrected chi connectivity index (χ3v) is 3.83. The second kappa shape index (κ2) is 6.24. The molecular weight excluding hydrogens is 264 g/mol. The molecule has 0 aliphatic heterocycles. The van der Waals surface area contributed by atoms with Crippen molar-refractivity contribution < 1.29 is 0 Å². The molecule has 0 aliphatic rings. The Kier molecular flexibility index (Phi) is 5.25. The van der Waals surface area contributed by atoms with Crippen LogP contribution in [0.5, 0.6) is 0 Å². The monoisotopic (exact) mass is 276 g/mol. The average Bonchev–Trinajstić information content (AvgIpc) is 2.19. The van der Waals surface area contributed by atoms with E-state index in [9.17, 15) is 4.79 Å². The van der Waals surface area contributed by atoms with E-state index in [2.05, 4.69) is 32.8 Å². The lowest BCUT2D eigenvalue weighted by atomic mass is 10.3. The fraction of sp³-hybridized carbons (Fsp3) is 0.556. The fourth-order valence-electron chi connectivity index (χ4n) is 0.988. The van der Waals surface area contributed by atoms with E-state index < -0.39 is 0 Å². The first-order chi connectivity index (χ1) is 6.75. The summed E-state index contributed by atoms with van der Waals surface area (Å²) in [5, 5.41) is 0.782. The number of nitrogens with zero attached hydrogens (tertiary/aromatic N) is 1. The molecule has 0 aromatic carbocycles. The van der Waals surface area contributed by atoms with Gasteiger partial charge in [0.15, 0.2) is 0 Å². The summed E-state index contributed by atoms with van der Waals surface area (Å²) in [6.45, 7) is 2.17. The highest BCUT2D eigenvalue weighted by atomic mass is 79.9. The lowest BCUT2D eigenvalue weighted by Crippen LogP contribution is -2.08. The van der Waals surface area contributed by atoms with Crippen molar-refractivity contribution in [3.63, 3.8) is 0 Å². The van der Waals surface area contributed by atoms with Gasteiger partial charge in [0.05, 0.1) is 6.33 Å². The molecule has 0 spiro atoms. The predicted molar refractivity (Wildman–Crippen MR) is 62.8 cm³/mol. The Labute approximate surface area is 95.8 Å². The molecule has 0 bridgehead atoms. The molecule has 3 nitrogen and oxygen atoms in total. The molecule has 14 heavy (non-hydrogen) atoms. The lowest BCUT2D eigenvalue weighted by molar-refractivity contribution is 0.778. The van der Waals surface area contributed by atoms with Gasteiger partial charge < -0.3 is 4.98 Å². The zero-order valence-corrected chi connectivity index (χ0v) is 10.4. The van der Waals surface area contributed by atoms with Crippen LogP contribution in [0.15, 0.2) is 20.6 Å². The SMILES string of the molecule is CCCCCSc1nc[nH]c(=O)c1Br. The van der Waals surface area contributed by atoms with Crippen molar-refractivity contribution in [2.24, 2.45) is 0 Å². The molecule has 1 rings (SSSR count). The van der Waals surface area contributed by atoms with Crippen molar-refractivity contribution in [3.05, 3.63) is 21.2 Å². The summed E-state index contributed by atoms with van der Waals surface area (Å²) in [6.07, 6.45) is 5.05. The van der Waals surface area contributed by atoms with Gasteiger partial charge in [-0.05, 0) is 28.1 Å². The van der Waals surface area contributed by atoms with E-state index in [0.717, 1.165) is 10.8 Å². The van der Waals surface area contributed by atoms with Crippen molar-refractivity contribution in [1.82, 2.24) is 9.97 Å². The molecule has 0 saturated heterocycles. The van der Waals surface area contributed by atoms with Gasteiger partial charge >= 0.3 is 0 Å². The summed E-state index contributed by atoms with van der Waals surface area (Å²) in [5.41, 5.74) is -0.113. The summed E-state index contributed by atoms with van der Waals surface area (Å²) in [7, 11) is 0. The van der Waals surface area contributed by atoms with Gasteiger partial charge in [0, 0.05) is 0 Å². The van der Waals surface area contributed by atoms with Crippen LogP contribution < -0.4 is 5.56 Å². The maximum atomic E-state index is 11.2. The molecule has 0 atom stereocenters. The summed E-state index contributed by atoms with van der Waals surface area (Å²) < 4.78 is 0.543. The molecule has 78 valence electrons. The predicted octanol–water partition coefficient (Wildman–Crippen LogP) is 2.81. The Bertz CT molecular complexity index is 340. The van der Waals surface area contributed by atoms with Crippen LogP contribution >= 0.6 is 27.7 Å². The molecule has 1 aromatic rings. The summed E-state index contributed by atoms with van der Waals surface area (Å²) in [4.78, 5) is 17.8. The molecule has 1 aromatic heterocycles. The van der Waals surface area contributed by atoms with E-state index in [-0.39, 0.29) is 5.56 Å². The molecule has 0 amide bonds. The molecule has 0 radical (unpaired) electrons. The summed E-state index contributed by atoms with van der Waals surface area (Å²) in [5.74, 6) is 1.02. The average molecular weight is 277 g/mol. The van der Waals surface area contributed by atoms with Gasteiger partial charge in [0.2, 0.25) is 0 Å². The number of rotatable bonds is 5. The smallest absolute Gasteiger partial charge is 0.266 e. The first-order valence-corrected chi connectivity index (χ1v) is 6.39. The van der Waals surface area contributed by atoms with Crippen molar-refractivity contribution in [2.75, 3.05) is 5.75 Å². The number of aromatic amines is 1. The van der Waals surface area contributed by atoms with Crippen LogP contribution in [-0.4, -0.2) is 15.7 Å². The molecule has 1 N–H and O–H groups in total. The van der Waals surface area contributed by atoms with E-state index in [1.165, 1.54) is 25.6 Å². The number of unbranched alkanes of at least 4 members (excludes halogenated alkanes) is 2. The Morgan fingerprint density at radius 3 is 3.07 bits per heavy atom. The minimum Gasteiger partial charge on any atom is -0.312 e. The van der Waals surface area contributed by atoms with Gasteiger partial charge in [-0.25, -0.2) is 4.98 Å². The van der Waals surface area contributed by atoms with Gasteiger partial charge in [-0.2, -0.15) is 0 Å². The van der Waals surface area contributed by atoms with Crippen molar-refractivity contribution in [2.45, 2.75) is 31.2 Å². The maximum absolute atomic E-state index is 11.2. The van der Waals surface area contributed by atoms with E-state index in [4.69, 9.17) is 0 Å².